The maximum absolute atomic E-state index is 12.3. The lowest BCUT2D eigenvalue weighted by molar-refractivity contribution is 0.0135. The Balaban J connectivity index is 2.24. The highest BCUT2D eigenvalue weighted by Gasteiger charge is 2.34. The quantitative estimate of drug-likeness (QED) is 0.800. The molecule has 2 heterocycles. The number of esters is 1. The first-order valence-corrected chi connectivity index (χ1v) is 6.87. The van der Waals surface area contributed by atoms with Crippen LogP contribution >= 0.6 is 0 Å². The van der Waals surface area contributed by atoms with E-state index in [2.05, 4.69) is 10.2 Å². The standard InChI is InChI=1S/C14H21N3O4/c1-8-6-10-9(11(16-15-10)12(18)20-5)7-17(8)13(19)21-14(2,3)4/h8H,6-7H2,1-5H3,(H,15,16). The minimum atomic E-state index is -0.557. The van der Waals surface area contributed by atoms with Crippen LogP contribution in [-0.2, 0) is 22.4 Å². The summed E-state index contributed by atoms with van der Waals surface area (Å²) in [7, 11) is 1.31. The Labute approximate surface area is 123 Å². The molecule has 0 saturated heterocycles. The summed E-state index contributed by atoms with van der Waals surface area (Å²) in [5.74, 6) is -0.508. The Bertz CT molecular complexity index is 559. The van der Waals surface area contributed by atoms with Crippen molar-refractivity contribution in [2.45, 2.75) is 52.3 Å². The highest BCUT2D eigenvalue weighted by Crippen LogP contribution is 2.26. The molecule has 1 aliphatic heterocycles. The van der Waals surface area contributed by atoms with Crippen molar-refractivity contribution in [1.82, 2.24) is 15.1 Å². The second-order valence-corrected chi connectivity index (χ2v) is 6.18. The van der Waals surface area contributed by atoms with Crippen LogP contribution < -0.4 is 0 Å². The number of rotatable bonds is 1. The molecule has 0 bridgehead atoms. The van der Waals surface area contributed by atoms with Gasteiger partial charge in [0.2, 0.25) is 0 Å². The Morgan fingerprint density at radius 3 is 2.62 bits per heavy atom. The number of amides is 1. The van der Waals surface area contributed by atoms with Gasteiger partial charge in [-0.1, -0.05) is 0 Å². The van der Waals surface area contributed by atoms with Gasteiger partial charge in [-0.15, -0.1) is 0 Å². The van der Waals surface area contributed by atoms with Crippen LogP contribution in [0.4, 0.5) is 4.79 Å². The third-order valence-electron chi connectivity index (χ3n) is 3.32. The van der Waals surface area contributed by atoms with Crippen LogP contribution in [-0.4, -0.2) is 45.9 Å². The van der Waals surface area contributed by atoms with Gasteiger partial charge in [0, 0.05) is 23.7 Å². The minimum Gasteiger partial charge on any atom is -0.464 e. The Kier molecular flexibility index (Phi) is 3.93. The summed E-state index contributed by atoms with van der Waals surface area (Å²) in [5.41, 5.74) is 1.24. The number of nitrogens with one attached hydrogen (secondary N) is 1. The smallest absolute Gasteiger partial charge is 0.410 e. The van der Waals surface area contributed by atoms with Crippen molar-refractivity contribution in [3.05, 3.63) is 17.0 Å². The number of ether oxygens (including phenoxy) is 2. The number of carbonyl (C=O) groups is 2. The molecule has 1 N–H and O–H groups in total. The van der Waals surface area contributed by atoms with Crippen LogP contribution in [0.1, 0.15) is 49.4 Å². The number of hydrogen-bond donors (Lipinski definition) is 1. The number of fused-ring (bicyclic) bond motifs is 1. The molecule has 1 amide bonds. The lowest BCUT2D eigenvalue weighted by Crippen LogP contribution is -2.45. The van der Waals surface area contributed by atoms with Gasteiger partial charge in [0.05, 0.1) is 13.7 Å². The third kappa shape index (κ3) is 3.17. The minimum absolute atomic E-state index is 0.0294. The molecule has 0 aliphatic carbocycles. The molecular weight excluding hydrogens is 274 g/mol. The molecule has 0 fully saturated rings. The molecule has 0 aromatic carbocycles. The van der Waals surface area contributed by atoms with E-state index in [9.17, 15) is 9.59 Å². The van der Waals surface area contributed by atoms with Gasteiger partial charge in [0.25, 0.3) is 0 Å². The van der Waals surface area contributed by atoms with E-state index in [-0.39, 0.29) is 18.3 Å². The van der Waals surface area contributed by atoms with E-state index in [1.54, 1.807) is 4.90 Å². The van der Waals surface area contributed by atoms with Crippen LogP contribution in [0.25, 0.3) is 0 Å². The molecule has 1 atom stereocenters. The molecule has 21 heavy (non-hydrogen) atoms. The average Bonchev–Trinajstić information content (AvgIpc) is 2.77. The van der Waals surface area contributed by atoms with E-state index >= 15 is 0 Å². The van der Waals surface area contributed by atoms with Gasteiger partial charge < -0.3 is 14.4 Å². The zero-order chi connectivity index (χ0) is 15.8. The number of nitrogens with zero attached hydrogens (tertiary/aromatic N) is 2. The molecule has 7 heteroatoms. The lowest BCUT2D eigenvalue weighted by Gasteiger charge is -2.34. The van der Waals surface area contributed by atoms with E-state index in [1.807, 2.05) is 27.7 Å². The van der Waals surface area contributed by atoms with Crippen LogP contribution in [0.3, 0.4) is 0 Å². The summed E-state index contributed by atoms with van der Waals surface area (Å²) in [6.45, 7) is 7.69. The van der Waals surface area contributed by atoms with Gasteiger partial charge in [-0.3, -0.25) is 5.10 Å². The van der Waals surface area contributed by atoms with Gasteiger partial charge in [-0.2, -0.15) is 5.10 Å². The van der Waals surface area contributed by atoms with Gasteiger partial charge in [-0.25, -0.2) is 9.59 Å². The topological polar surface area (TPSA) is 84.5 Å². The van der Waals surface area contributed by atoms with Crippen LogP contribution in [0.2, 0.25) is 0 Å². The molecule has 0 radical (unpaired) electrons. The number of H-pyrrole nitrogens is 1. The van der Waals surface area contributed by atoms with Gasteiger partial charge >= 0.3 is 12.1 Å². The molecule has 1 aliphatic rings. The van der Waals surface area contributed by atoms with E-state index in [0.29, 0.717) is 12.0 Å². The second-order valence-electron chi connectivity index (χ2n) is 6.18. The third-order valence-corrected chi connectivity index (χ3v) is 3.32. The molecular formula is C14H21N3O4. The number of carbonyl (C=O) groups excluding carboxylic acids is 2. The molecule has 1 aromatic rings. The first-order chi connectivity index (χ1) is 9.73. The summed E-state index contributed by atoms with van der Waals surface area (Å²) in [6.07, 6.45) is 0.205. The monoisotopic (exact) mass is 295 g/mol. The average molecular weight is 295 g/mol. The fourth-order valence-electron chi connectivity index (χ4n) is 2.30. The lowest BCUT2D eigenvalue weighted by atomic mass is 10.00. The predicted octanol–water partition coefficient (Wildman–Crippen LogP) is 1.88. The number of aromatic nitrogens is 2. The van der Waals surface area contributed by atoms with E-state index in [4.69, 9.17) is 9.47 Å². The normalized spacial score (nSPS) is 18.1. The van der Waals surface area contributed by atoms with Crippen molar-refractivity contribution >= 4 is 12.1 Å². The first-order valence-electron chi connectivity index (χ1n) is 6.87. The molecule has 7 nitrogen and oxygen atoms in total. The van der Waals surface area contributed by atoms with E-state index < -0.39 is 17.7 Å². The summed E-state index contributed by atoms with van der Waals surface area (Å²) in [6, 6.07) is -0.0294. The zero-order valence-electron chi connectivity index (χ0n) is 13.0. The second kappa shape index (κ2) is 5.38. The fraction of sp³-hybridized carbons (Fsp3) is 0.643. The molecule has 0 saturated carbocycles. The molecule has 1 unspecified atom stereocenters. The van der Waals surface area contributed by atoms with Gasteiger partial charge in [0.15, 0.2) is 5.69 Å². The molecule has 2 rings (SSSR count). The summed E-state index contributed by atoms with van der Waals surface area (Å²) in [4.78, 5) is 25.6. The summed E-state index contributed by atoms with van der Waals surface area (Å²) in [5, 5.41) is 6.84. The Morgan fingerprint density at radius 1 is 1.38 bits per heavy atom. The van der Waals surface area contributed by atoms with Crippen LogP contribution in [0, 0.1) is 0 Å². The summed E-state index contributed by atoms with van der Waals surface area (Å²) >= 11 is 0. The largest absolute Gasteiger partial charge is 0.464 e. The molecule has 0 spiro atoms. The maximum atomic E-state index is 12.3. The van der Waals surface area contributed by atoms with Gasteiger partial charge in [-0.05, 0) is 27.7 Å². The van der Waals surface area contributed by atoms with Crippen molar-refractivity contribution < 1.29 is 19.1 Å². The summed E-state index contributed by atoms with van der Waals surface area (Å²) < 4.78 is 10.1. The van der Waals surface area contributed by atoms with Crippen LogP contribution in [0.5, 0.6) is 0 Å². The van der Waals surface area contributed by atoms with E-state index in [1.165, 1.54) is 7.11 Å². The SMILES string of the molecule is COC(=O)c1n[nH]c2c1CN(C(=O)OC(C)(C)C)C(C)C2. The van der Waals surface area contributed by atoms with Gasteiger partial charge in [0.1, 0.15) is 5.60 Å². The van der Waals surface area contributed by atoms with Crippen molar-refractivity contribution in [1.29, 1.82) is 0 Å². The van der Waals surface area contributed by atoms with Crippen molar-refractivity contribution in [3.8, 4) is 0 Å². The highest BCUT2D eigenvalue weighted by atomic mass is 16.6. The number of hydrogen-bond acceptors (Lipinski definition) is 5. The maximum Gasteiger partial charge on any atom is 0.410 e. The number of aromatic amines is 1. The van der Waals surface area contributed by atoms with E-state index in [0.717, 1.165) is 5.69 Å². The number of methoxy groups -OCH3 is 1. The predicted molar refractivity (Wildman–Crippen MR) is 74.9 cm³/mol. The Morgan fingerprint density at radius 2 is 2.05 bits per heavy atom. The highest BCUT2D eigenvalue weighted by molar-refractivity contribution is 5.89. The van der Waals surface area contributed by atoms with Crippen molar-refractivity contribution in [2.75, 3.05) is 7.11 Å². The van der Waals surface area contributed by atoms with Crippen LogP contribution in [0.15, 0.2) is 0 Å². The zero-order valence-corrected chi connectivity index (χ0v) is 13.0. The Hall–Kier alpha value is -2.05. The fourth-order valence-corrected chi connectivity index (χ4v) is 2.30. The van der Waals surface area contributed by atoms with Crippen molar-refractivity contribution in [2.24, 2.45) is 0 Å². The van der Waals surface area contributed by atoms with Crippen molar-refractivity contribution in [3.63, 3.8) is 0 Å². The molecule has 116 valence electrons. The molecule has 1 aromatic heterocycles. The first kappa shape index (κ1) is 15.3.